The van der Waals surface area contributed by atoms with Crippen LogP contribution in [0.15, 0.2) is 18.2 Å². The average molecular weight is 290 g/mol. The molecule has 1 N–H and O–H groups in total. The van der Waals surface area contributed by atoms with E-state index in [-0.39, 0.29) is 5.54 Å². The minimum Gasteiger partial charge on any atom is -0.492 e. The number of rotatable bonds is 5. The Hall–Kier alpha value is -1.06. The smallest absolute Gasteiger partial charge is 0.119 e. The number of aryl methyl sites for hydroxylation is 1. The van der Waals surface area contributed by atoms with Gasteiger partial charge in [0.05, 0.1) is 0 Å². The van der Waals surface area contributed by atoms with E-state index in [2.05, 4.69) is 63.0 Å². The van der Waals surface area contributed by atoms with Gasteiger partial charge in [-0.2, -0.15) is 0 Å². The zero-order valence-corrected chi connectivity index (χ0v) is 14.2. The second-order valence-electron chi connectivity index (χ2n) is 7.00. The van der Waals surface area contributed by atoms with Crippen molar-refractivity contribution in [2.45, 2.75) is 46.1 Å². The normalized spacial score (nSPS) is 19.0. The number of benzene rings is 1. The maximum Gasteiger partial charge on any atom is 0.119 e. The number of nitrogens with one attached hydrogen (secondary N) is 1. The van der Waals surface area contributed by atoms with Crippen molar-refractivity contribution in [2.75, 3.05) is 32.8 Å². The van der Waals surface area contributed by atoms with E-state index in [0.29, 0.717) is 5.92 Å². The Labute approximate surface area is 129 Å². The predicted octanol–water partition coefficient (Wildman–Crippen LogP) is 3.18. The summed E-state index contributed by atoms with van der Waals surface area (Å²) in [6.07, 6.45) is 0. The molecule has 0 amide bonds. The fourth-order valence-electron chi connectivity index (χ4n) is 3.10. The largest absolute Gasteiger partial charge is 0.492 e. The molecule has 1 heterocycles. The van der Waals surface area contributed by atoms with E-state index in [1.165, 1.54) is 11.1 Å². The van der Waals surface area contributed by atoms with Crippen LogP contribution >= 0.6 is 0 Å². The molecule has 0 bridgehead atoms. The van der Waals surface area contributed by atoms with Crippen molar-refractivity contribution >= 4 is 0 Å². The summed E-state index contributed by atoms with van der Waals surface area (Å²) in [6.45, 7) is 16.2. The van der Waals surface area contributed by atoms with Crippen LogP contribution in [0.25, 0.3) is 0 Å². The monoisotopic (exact) mass is 290 g/mol. The highest BCUT2D eigenvalue weighted by atomic mass is 16.5. The third kappa shape index (κ3) is 4.21. The van der Waals surface area contributed by atoms with Crippen molar-refractivity contribution in [3.05, 3.63) is 29.3 Å². The van der Waals surface area contributed by atoms with Gasteiger partial charge in [0.25, 0.3) is 0 Å². The van der Waals surface area contributed by atoms with Crippen LogP contribution in [0, 0.1) is 6.92 Å². The van der Waals surface area contributed by atoms with Gasteiger partial charge in [-0.15, -0.1) is 0 Å². The third-order valence-corrected chi connectivity index (χ3v) is 4.47. The van der Waals surface area contributed by atoms with Gasteiger partial charge in [0.15, 0.2) is 0 Å². The summed E-state index contributed by atoms with van der Waals surface area (Å²) in [4.78, 5) is 2.51. The molecule has 0 spiro atoms. The first-order valence-corrected chi connectivity index (χ1v) is 8.09. The molecule has 21 heavy (non-hydrogen) atoms. The van der Waals surface area contributed by atoms with E-state index in [1.807, 2.05) is 0 Å². The fraction of sp³-hybridized carbons (Fsp3) is 0.667. The molecule has 1 aliphatic heterocycles. The molecular weight excluding hydrogens is 260 g/mol. The van der Waals surface area contributed by atoms with Crippen molar-refractivity contribution in [2.24, 2.45) is 0 Å². The number of hydrogen-bond donors (Lipinski definition) is 1. The molecule has 0 aliphatic carbocycles. The quantitative estimate of drug-likeness (QED) is 0.901. The van der Waals surface area contributed by atoms with Crippen LogP contribution in [0.1, 0.15) is 44.7 Å². The standard InChI is InChI=1S/C18H30N2O/c1-14(2)17-7-6-16(12-15(17)3)21-11-10-20-9-8-19-13-18(20,4)5/h6-7,12,14,19H,8-11,13H2,1-5H3. The molecule has 0 atom stereocenters. The van der Waals surface area contributed by atoms with Gasteiger partial charge < -0.3 is 10.1 Å². The Balaban J connectivity index is 1.87. The number of nitrogens with zero attached hydrogens (tertiary/aromatic N) is 1. The van der Waals surface area contributed by atoms with Crippen molar-refractivity contribution in [1.82, 2.24) is 10.2 Å². The Morgan fingerprint density at radius 1 is 1.33 bits per heavy atom. The van der Waals surface area contributed by atoms with E-state index in [4.69, 9.17) is 4.74 Å². The SMILES string of the molecule is Cc1cc(OCCN2CCNCC2(C)C)ccc1C(C)C. The molecule has 2 rings (SSSR count). The maximum absolute atomic E-state index is 5.96. The number of hydrogen-bond acceptors (Lipinski definition) is 3. The molecule has 1 aromatic rings. The Morgan fingerprint density at radius 3 is 2.71 bits per heavy atom. The molecule has 1 aliphatic rings. The van der Waals surface area contributed by atoms with Crippen LogP contribution in [-0.4, -0.2) is 43.2 Å². The van der Waals surface area contributed by atoms with Crippen molar-refractivity contribution in [3.63, 3.8) is 0 Å². The molecule has 1 saturated heterocycles. The first-order valence-electron chi connectivity index (χ1n) is 8.09. The van der Waals surface area contributed by atoms with Gasteiger partial charge in [-0.05, 0) is 49.9 Å². The molecule has 3 heteroatoms. The highest BCUT2D eigenvalue weighted by Crippen LogP contribution is 2.23. The van der Waals surface area contributed by atoms with E-state index >= 15 is 0 Å². The van der Waals surface area contributed by atoms with Gasteiger partial charge in [0, 0.05) is 31.7 Å². The van der Waals surface area contributed by atoms with Crippen LogP contribution < -0.4 is 10.1 Å². The summed E-state index contributed by atoms with van der Waals surface area (Å²) in [5.41, 5.74) is 2.95. The van der Waals surface area contributed by atoms with E-state index in [0.717, 1.165) is 38.5 Å². The van der Waals surface area contributed by atoms with E-state index in [1.54, 1.807) is 0 Å². The molecule has 0 radical (unpaired) electrons. The predicted molar refractivity (Wildman–Crippen MR) is 89.3 cm³/mol. The lowest BCUT2D eigenvalue weighted by Crippen LogP contribution is -2.58. The van der Waals surface area contributed by atoms with Crippen molar-refractivity contribution < 1.29 is 4.74 Å². The average Bonchev–Trinajstić information content (AvgIpc) is 2.40. The van der Waals surface area contributed by atoms with Gasteiger partial charge in [0.1, 0.15) is 12.4 Å². The van der Waals surface area contributed by atoms with Gasteiger partial charge in [-0.3, -0.25) is 4.90 Å². The summed E-state index contributed by atoms with van der Waals surface area (Å²) in [5, 5.41) is 3.45. The second-order valence-corrected chi connectivity index (χ2v) is 7.00. The van der Waals surface area contributed by atoms with Crippen LogP contribution in [-0.2, 0) is 0 Å². The minimum absolute atomic E-state index is 0.221. The summed E-state index contributed by atoms with van der Waals surface area (Å²) in [7, 11) is 0. The highest BCUT2D eigenvalue weighted by molar-refractivity contribution is 5.36. The van der Waals surface area contributed by atoms with Gasteiger partial charge in [-0.1, -0.05) is 19.9 Å². The molecule has 0 saturated carbocycles. The minimum atomic E-state index is 0.221. The molecule has 0 aromatic heterocycles. The van der Waals surface area contributed by atoms with Gasteiger partial charge >= 0.3 is 0 Å². The molecule has 1 aromatic carbocycles. The van der Waals surface area contributed by atoms with E-state index in [9.17, 15) is 0 Å². The summed E-state index contributed by atoms with van der Waals surface area (Å²) < 4.78 is 5.96. The Bertz CT molecular complexity index is 468. The topological polar surface area (TPSA) is 24.5 Å². The molecule has 3 nitrogen and oxygen atoms in total. The van der Waals surface area contributed by atoms with Crippen molar-refractivity contribution in [3.8, 4) is 5.75 Å². The lowest BCUT2D eigenvalue weighted by molar-refractivity contribution is 0.0743. The lowest BCUT2D eigenvalue weighted by Gasteiger charge is -2.42. The highest BCUT2D eigenvalue weighted by Gasteiger charge is 2.28. The zero-order valence-electron chi connectivity index (χ0n) is 14.2. The maximum atomic E-state index is 5.96. The molecule has 1 fully saturated rings. The Kier molecular flexibility index (Phi) is 5.28. The first kappa shape index (κ1) is 16.3. The molecular formula is C18H30N2O. The van der Waals surface area contributed by atoms with Gasteiger partial charge in [-0.25, -0.2) is 0 Å². The summed E-state index contributed by atoms with van der Waals surface area (Å²) in [6, 6.07) is 6.47. The van der Waals surface area contributed by atoms with Crippen LogP contribution in [0.5, 0.6) is 5.75 Å². The first-order chi connectivity index (χ1) is 9.90. The lowest BCUT2D eigenvalue weighted by atomic mass is 9.98. The summed E-state index contributed by atoms with van der Waals surface area (Å²) >= 11 is 0. The molecule has 118 valence electrons. The fourth-order valence-corrected chi connectivity index (χ4v) is 3.10. The Morgan fingerprint density at radius 2 is 2.10 bits per heavy atom. The van der Waals surface area contributed by atoms with Gasteiger partial charge in [0.2, 0.25) is 0 Å². The zero-order chi connectivity index (χ0) is 15.5. The third-order valence-electron chi connectivity index (χ3n) is 4.47. The van der Waals surface area contributed by atoms with Crippen LogP contribution in [0.4, 0.5) is 0 Å². The van der Waals surface area contributed by atoms with E-state index < -0.39 is 0 Å². The number of ether oxygens (including phenoxy) is 1. The van der Waals surface area contributed by atoms with Crippen molar-refractivity contribution in [1.29, 1.82) is 0 Å². The number of piperazine rings is 1. The van der Waals surface area contributed by atoms with Crippen LogP contribution in [0.2, 0.25) is 0 Å². The second kappa shape index (κ2) is 6.80. The molecule has 0 unspecified atom stereocenters. The van der Waals surface area contributed by atoms with Crippen LogP contribution in [0.3, 0.4) is 0 Å². The summed E-state index contributed by atoms with van der Waals surface area (Å²) in [5.74, 6) is 1.56.